The summed E-state index contributed by atoms with van der Waals surface area (Å²) in [5.74, 6) is 0.259. The van der Waals surface area contributed by atoms with E-state index in [9.17, 15) is 4.39 Å². The van der Waals surface area contributed by atoms with Gasteiger partial charge >= 0.3 is 0 Å². The van der Waals surface area contributed by atoms with Gasteiger partial charge in [0.1, 0.15) is 18.2 Å². The molecule has 0 aromatic heterocycles. The Morgan fingerprint density at radius 2 is 2.00 bits per heavy atom. The molecule has 1 rings (SSSR count). The molecule has 1 aromatic rings. The lowest BCUT2D eigenvalue weighted by Gasteiger charge is -2.09. The Balaban J connectivity index is 2.41. The molecule has 1 atom stereocenters. The van der Waals surface area contributed by atoms with Crippen LogP contribution in [0.4, 0.5) is 4.39 Å². The van der Waals surface area contributed by atoms with E-state index < -0.39 is 6.10 Å². The van der Waals surface area contributed by atoms with Gasteiger partial charge in [-0.3, -0.25) is 0 Å². The third-order valence-electron chi connectivity index (χ3n) is 1.43. The second-order valence-electron chi connectivity index (χ2n) is 2.57. The van der Waals surface area contributed by atoms with E-state index in [4.69, 9.17) is 9.84 Å². The molecular formula is C9H10BrFO2. The minimum absolute atomic E-state index is 0.205. The third kappa shape index (κ3) is 3.74. The highest BCUT2D eigenvalue weighted by Gasteiger charge is 2.02. The van der Waals surface area contributed by atoms with Crippen LogP contribution in [0.15, 0.2) is 24.3 Å². The SMILES string of the molecule is OC(CBr)COc1ccc(F)cc1. The van der Waals surface area contributed by atoms with E-state index in [-0.39, 0.29) is 12.4 Å². The van der Waals surface area contributed by atoms with Crippen LogP contribution < -0.4 is 4.74 Å². The number of hydrogen-bond acceptors (Lipinski definition) is 2. The van der Waals surface area contributed by atoms with Crippen LogP contribution in [-0.2, 0) is 0 Å². The van der Waals surface area contributed by atoms with Crippen molar-refractivity contribution in [1.82, 2.24) is 0 Å². The Labute approximate surface area is 84.5 Å². The quantitative estimate of drug-likeness (QED) is 0.826. The van der Waals surface area contributed by atoms with E-state index in [0.717, 1.165) is 0 Å². The first-order valence-corrected chi connectivity index (χ1v) is 4.97. The lowest BCUT2D eigenvalue weighted by Crippen LogP contribution is -2.18. The molecule has 1 unspecified atom stereocenters. The smallest absolute Gasteiger partial charge is 0.123 e. The fraction of sp³-hybridized carbons (Fsp3) is 0.333. The van der Waals surface area contributed by atoms with Crippen molar-refractivity contribution in [2.75, 3.05) is 11.9 Å². The maximum atomic E-state index is 12.4. The van der Waals surface area contributed by atoms with Gasteiger partial charge in [-0.15, -0.1) is 0 Å². The van der Waals surface area contributed by atoms with Gasteiger partial charge < -0.3 is 9.84 Å². The standard InChI is InChI=1S/C9H10BrFO2/c10-5-8(12)6-13-9-3-1-7(11)2-4-9/h1-4,8,12H,5-6H2. The van der Waals surface area contributed by atoms with Crippen molar-refractivity contribution >= 4 is 15.9 Å². The number of alkyl halides is 1. The largest absolute Gasteiger partial charge is 0.491 e. The fourth-order valence-electron chi connectivity index (χ4n) is 0.768. The van der Waals surface area contributed by atoms with E-state index in [0.29, 0.717) is 11.1 Å². The topological polar surface area (TPSA) is 29.5 Å². The minimum Gasteiger partial charge on any atom is -0.491 e. The molecule has 4 heteroatoms. The maximum Gasteiger partial charge on any atom is 0.123 e. The molecule has 0 spiro atoms. The summed E-state index contributed by atoms with van der Waals surface area (Å²) in [6, 6.07) is 5.68. The Hall–Kier alpha value is -0.610. The predicted octanol–water partition coefficient (Wildman–Crippen LogP) is 1.96. The van der Waals surface area contributed by atoms with Gasteiger partial charge in [0, 0.05) is 5.33 Å². The average molecular weight is 249 g/mol. The summed E-state index contributed by atoms with van der Waals surface area (Å²) in [7, 11) is 0. The number of ether oxygens (including phenoxy) is 1. The average Bonchev–Trinajstić information content (AvgIpc) is 2.16. The minimum atomic E-state index is -0.537. The van der Waals surface area contributed by atoms with Crippen molar-refractivity contribution in [2.24, 2.45) is 0 Å². The fourth-order valence-corrected chi connectivity index (χ4v) is 0.955. The number of aliphatic hydroxyl groups excluding tert-OH is 1. The van der Waals surface area contributed by atoms with Gasteiger partial charge in [-0.1, -0.05) is 15.9 Å². The molecule has 0 bridgehead atoms. The summed E-state index contributed by atoms with van der Waals surface area (Å²) in [6.07, 6.45) is -0.537. The van der Waals surface area contributed by atoms with E-state index in [1.165, 1.54) is 24.3 Å². The van der Waals surface area contributed by atoms with Crippen LogP contribution in [0, 0.1) is 5.82 Å². The maximum absolute atomic E-state index is 12.4. The van der Waals surface area contributed by atoms with Gasteiger partial charge in [-0.05, 0) is 24.3 Å². The number of rotatable bonds is 4. The van der Waals surface area contributed by atoms with Gasteiger partial charge in [0.15, 0.2) is 0 Å². The van der Waals surface area contributed by atoms with Crippen LogP contribution in [0.5, 0.6) is 5.75 Å². The van der Waals surface area contributed by atoms with E-state index in [2.05, 4.69) is 15.9 Å². The molecule has 0 heterocycles. The lowest BCUT2D eigenvalue weighted by atomic mass is 10.3. The third-order valence-corrected chi connectivity index (χ3v) is 2.18. The highest BCUT2D eigenvalue weighted by Crippen LogP contribution is 2.11. The molecule has 13 heavy (non-hydrogen) atoms. The van der Waals surface area contributed by atoms with Crippen molar-refractivity contribution in [2.45, 2.75) is 6.10 Å². The first-order chi connectivity index (χ1) is 6.22. The van der Waals surface area contributed by atoms with E-state index in [1.807, 2.05) is 0 Å². The number of benzene rings is 1. The normalized spacial score (nSPS) is 12.5. The molecule has 0 amide bonds. The van der Waals surface area contributed by atoms with Crippen molar-refractivity contribution < 1.29 is 14.2 Å². The molecule has 0 aliphatic heterocycles. The van der Waals surface area contributed by atoms with Crippen LogP contribution in [-0.4, -0.2) is 23.1 Å². The van der Waals surface area contributed by atoms with Gasteiger partial charge in [-0.2, -0.15) is 0 Å². The summed E-state index contributed by atoms with van der Waals surface area (Å²) in [4.78, 5) is 0. The summed E-state index contributed by atoms with van der Waals surface area (Å²) in [5.41, 5.74) is 0. The summed E-state index contributed by atoms with van der Waals surface area (Å²) < 4.78 is 17.6. The van der Waals surface area contributed by atoms with Gasteiger partial charge in [0.2, 0.25) is 0 Å². The van der Waals surface area contributed by atoms with Crippen LogP contribution in [0.25, 0.3) is 0 Å². The summed E-state index contributed by atoms with van der Waals surface area (Å²) >= 11 is 3.11. The summed E-state index contributed by atoms with van der Waals surface area (Å²) in [5, 5.41) is 9.59. The molecule has 72 valence electrons. The monoisotopic (exact) mass is 248 g/mol. The van der Waals surface area contributed by atoms with E-state index in [1.54, 1.807) is 0 Å². The van der Waals surface area contributed by atoms with Crippen LogP contribution >= 0.6 is 15.9 Å². The molecule has 0 saturated heterocycles. The zero-order valence-corrected chi connectivity index (χ0v) is 8.50. The first kappa shape index (κ1) is 10.5. The Morgan fingerprint density at radius 3 is 2.54 bits per heavy atom. The molecule has 1 N–H and O–H groups in total. The van der Waals surface area contributed by atoms with E-state index >= 15 is 0 Å². The zero-order valence-electron chi connectivity index (χ0n) is 6.91. The lowest BCUT2D eigenvalue weighted by molar-refractivity contribution is 0.127. The highest BCUT2D eigenvalue weighted by atomic mass is 79.9. The highest BCUT2D eigenvalue weighted by molar-refractivity contribution is 9.09. The molecule has 0 radical (unpaired) electrons. The molecule has 1 aromatic carbocycles. The van der Waals surface area contributed by atoms with Crippen molar-refractivity contribution in [3.05, 3.63) is 30.1 Å². The first-order valence-electron chi connectivity index (χ1n) is 3.85. The molecule has 0 saturated carbocycles. The van der Waals surface area contributed by atoms with Crippen molar-refractivity contribution in [1.29, 1.82) is 0 Å². The molecule has 2 nitrogen and oxygen atoms in total. The zero-order chi connectivity index (χ0) is 9.68. The molecule has 0 aliphatic carbocycles. The second-order valence-corrected chi connectivity index (χ2v) is 3.22. The summed E-state index contributed by atoms with van der Waals surface area (Å²) in [6.45, 7) is 0.205. The number of halogens is 2. The molecule has 0 fully saturated rings. The van der Waals surface area contributed by atoms with Crippen LogP contribution in [0.2, 0.25) is 0 Å². The Kier molecular flexibility index (Phi) is 4.18. The van der Waals surface area contributed by atoms with Gasteiger partial charge in [0.05, 0.1) is 6.10 Å². The van der Waals surface area contributed by atoms with Gasteiger partial charge in [0.25, 0.3) is 0 Å². The van der Waals surface area contributed by atoms with Crippen LogP contribution in [0.1, 0.15) is 0 Å². The second kappa shape index (κ2) is 5.19. The van der Waals surface area contributed by atoms with Crippen molar-refractivity contribution in [3.8, 4) is 5.75 Å². The molecule has 0 aliphatic rings. The Bertz CT molecular complexity index is 250. The van der Waals surface area contributed by atoms with Crippen molar-refractivity contribution in [3.63, 3.8) is 0 Å². The van der Waals surface area contributed by atoms with Crippen LogP contribution in [0.3, 0.4) is 0 Å². The number of aliphatic hydroxyl groups is 1. The predicted molar refractivity (Wildman–Crippen MR) is 51.7 cm³/mol. The van der Waals surface area contributed by atoms with Gasteiger partial charge in [-0.25, -0.2) is 4.39 Å². The number of hydrogen-bond donors (Lipinski definition) is 1. The molecular weight excluding hydrogens is 239 g/mol. The Morgan fingerprint density at radius 1 is 1.38 bits per heavy atom.